The Morgan fingerprint density at radius 2 is 1.23 bits per heavy atom. The average Bonchev–Trinajstić information content (AvgIpc) is 3.13. The Bertz CT molecular complexity index is 2090. The second-order valence-corrected chi connectivity index (χ2v) is 15.5. The molecule has 26 heteroatoms. The van der Waals surface area contributed by atoms with Gasteiger partial charge in [0.05, 0.1) is 68.5 Å². The summed E-state index contributed by atoms with van der Waals surface area (Å²) in [6.45, 7) is -0.570. The summed E-state index contributed by atoms with van der Waals surface area (Å²) < 4.78 is 72.8. The van der Waals surface area contributed by atoms with Crippen LogP contribution in [0.4, 0.5) is 28.4 Å². The first-order valence-corrected chi connectivity index (χ1v) is 19.1. The van der Waals surface area contributed by atoms with Crippen LogP contribution in [0.1, 0.15) is 0 Å². The van der Waals surface area contributed by atoms with Crippen LogP contribution in [0.2, 0.25) is 0 Å². The number of benzene rings is 4. The fraction of sp³-hybridized carbons (Fsp3) is 0.154. The maximum atomic E-state index is 12.7. The minimum atomic E-state index is -3.85. The fourth-order valence-electron chi connectivity index (χ4n) is 4.07. The van der Waals surface area contributed by atoms with Gasteiger partial charge in [-0.1, -0.05) is 21.2 Å². The monoisotopic (exact) mass is 823 g/mol. The molecule has 0 unspecified atom stereocenters. The lowest BCUT2D eigenvalue weighted by atomic mass is 10.1. The molecule has 280 valence electrons. The predicted octanol–water partition coefficient (Wildman–Crippen LogP) is 6.94. The fourth-order valence-corrected chi connectivity index (χ4v) is 7.42. The number of phenols is 1. The summed E-state index contributed by atoms with van der Waals surface area (Å²) in [6.07, 6.45) is 0. The number of aromatic hydroxyl groups is 1. The molecule has 4 aromatic rings. The van der Waals surface area contributed by atoms with E-state index in [1.807, 2.05) is 0 Å². The molecular weight excluding hydrogens is 799 g/mol. The molecule has 0 aliphatic carbocycles. The van der Waals surface area contributed by atoms with Crippen LogP contribution in [0.15, 0.2) is 102 Å². The second-order valence-electron chi connectivity index (χ2n) is 9.49. The van der Waals surface area contributed by atoms with Gasteiger partial charge < -0.3 is 10.8 Å². The molecule has 0 aromatic heterocycles. The van der Waals surface area contributed by atoms with Gasteiger partial charge in [0, 0.05) is 10.8 Å². The van der Waals surface area contributed by atoms with Gasteiger partial charge in [0.1, 0.15) is 11.4 Å². The van der Waals surface area contributed by atoms with E-state index in [4.69, 9.17) is 29.9 Å². The number of hydrogen-bond donors (Lipinski definition) is 5. The zero-order chi connectivity index (χ0) is 37.6. The highest BCUT2D eigenvalue weighted by atomic mass is 32.2. The summed E-state index contributed by atoms with van der Waals surface area (Å²) in [6, 6.07) is 15.2. The molecule has 0 aliphatic heterocycles. The zero-order valence-electron chi connectivity index (χ0n) is 25.8. The molecule has 21 nitrogen and oxygen atoms in total. The van der Waals surface area contributed by atoms with Crippen molar-refractivity contribution < 1.29 is 74.2 Å². The van der Waals surface area contributed by atoms with Gasteiger partial charge in [0.2, 0.25) is 0 Å². The zero-order valence-corrected chi connectivity index (χ0v) is 29.9. The Kier molecular flexibility index (Phi) is 15.9. The number of sulfone groups is 2. The smallest absolute Gasteiger partial charge is 0.197 e. The summed E-state index contributed by atoms with van der Waals surface area (Å²) in [5.41, 5.74) is 6.61. The number of nitrogens with two attached hydrogens (primary N) is 1. The van der Waals surface area contributed by atoms with Crippen molar-refractivity contribution in [3.63, 3.8) is 0 Å². The molecule has 0 bridgehead atoms. The minimum Gasteiger partial charge on any atom is -0.505 e. The van der Waals surface area contributed by atoms with E-state index in [9.17, 15) is 21.9 Å². The first-order chi connectivity index (χ1) is 25.0. The first-order valence-electron chi connectivity index (χ1n) is 13.8. The molecular formula is C26H25N5O16S5. The minimum absolute atomic E-state index is 0.0256. The molecule has 0 amide bonds. The van der Waals surface area contributed by atoms with E-state index in [1.54, 1.807) is 0 Å². The number of fused-ring (bicyclic) bond motifs is 1. The SMILES string of the molecule is Nc1ccc2c(O)c(N=Nc3cccc(S(=O)(=O)CCOSOOO)c3)c(SOOO)cc2c1N=Nc1ccc(S(=O)(=O)CCOSOOO)cc1. The molecule has 4 aromatic carbocycles. The third kappa shape index (κ3) is 11.5. The van der Waals surface area contributed by atoms with Gasteiger partial charge in [-0.05, 0) is 60.7 Å². The number of rotatable bonds is 21. The van der Waals surface area contributed by atoms with E-state index in [1.165, 1.54) is 66.7 Å². The number of nitrogens with zero attached hydrogens (tertiary/aromatic N) is 4. The van der Waals surface area contributed by atoms with Crippen LogP contribution in [-0.2, 0) is 56.2 Å². The van der Waals surface area contributed by atoms with Crippen molar-refractivity contribution >= 4 is 95.6 Å². The molecule has 0 aliphatic rings. The summed E-state index contributed by atoms with van der Waals surface area (Å²) in [7, 11) is -7.60. The van der Waals surface area contributed by atoms with Crippen molar-refractivity contribution in [2.75, 3.05) is 30.5 Å². The number of anilines is 1. The van der Waals surface area contributed by atoms with Crippen LogP contribution in [0, 0.1) is 0 Å². The first kappa shape index (κ1) is 41.2. The lowest BCUT2D eigenvalue weighted by molar-refractivity contribution is -0.434. The Morgan fingerprint density at radius 3 is 1.87 bits per heavy atom. The number of azo groups is 2. The van der Waals surface area contributed by atoms with Gasteiger partial charge in [0.25, 0.3) is 0 Å². The molecule has 0 radical (unpaired) electrons. The van der Waals surface area contributed by atoms with Gasteiger partial charge in [-0.2, -0.15) is 10.2 Å². The van der Waals surface area contributed by atoms with Crippen molar-refractivity contribution in [1.82, 2.24) is 0 Å². The van der Waals surface area contributed by atoms with Crippen LogP contribution in [-0.4, -0.2) is 62.4 Å². The van der Waals surface area contributed by atoms with Crippen molar-refractivity contribution in [3.05, 3.63) is 66.7 Å². The highest BCUT2D eigenvalue weighted by Crippen LogP contribution is 2.47. The number of nitrogen functional groups attached to an aromatic ring is 1. The molecule has 0 atom stereocenters. The Morgan fingerprint density at radius 1 is 0.635 bits per heavy atom. The molecule has 0 heterocycles. The van der Waals surface area contributed by atoms with Crippen LogP contribution in [0.3, 0.4) is 0 Å². The molecule has 0 saturated heterocycles. The van der Waals surface area contributed by atoms with Gasteiger partial charge >= 0.3 is 0 Å². The van der Waals surface area contributed by atoms with E-state index in [0.29, 0.717) is 12.0 Å². The lowest BCUT2D eigenvalue weighted by Gasteiger charge is -2.11. The molecule has 4 rings (SSSR count). The van der Waals surface area contributed by atoms with E-state index in [2.05, 4.69) is 48.6 Å². The largest absolute Gasteiger partial charge is 0.505 e. The molecule has 0 fully saturated rings. The predicted molar refractivity (Wildman–Crippen MR) is 183 cm³/mol. The summed E-state index contributed by atoms with van der Waals surface area (Å²) in [5.74, 6) is -1.28. The van der Waals surface area contributed by atoms with Gasteiger partial charge in [0.15, 0.2) is 50.1 Å². The van der Waals surface area contributed by atoms with Crippen LogP contribution in [0.25, 0.3) is 10.8 Å². The van der Waals surface area contributed by atoms with E-state index >= 15 is 0 Å². The second kappa shape index (κ2) is 20.1. The normalized spacial score (nSPS) is 12.4. The number of phenolic OH excluding ortho intramolecular Hbond substituents is 1. The van der Waals surface area contributed by atoms with Crippen LogP contribution >= 0.6 is 36.7 Å². The maximum absolute atomic E-state index is 12.7. The van der Waals surface area contributed by atoms with Crippen molar-refractivity contribution in [3.8, 4) is 5.75 Å². The maximum Gasteiger partial charge on any atom is 0.197 e. The van der Waals surface area contributed by atoms with Crippen LogP contribution in [0.5, 0.6) is 5.75 Å². The Hall–Kier alpha value is -3.55. The summed E-state index contributed by atoms with van der Waals surface area (Å²) in [4.78, 5) is -0.0921. The third-order valence-electron chi connectivity index (χ3n) is 6.38. The van der Waals surface area contributed by atoms with Crippen molar-refractivity contribution in [1.29, 1.82) is 0 Å². The third-order valence-corrected chi connectivity index (χ3v) is 11.1. The highest BCUT2D eigenvalue weighted by Gasteiger charge is 2.20. The highest BCUT2D eigenvalue weighted by molar-refractivity contribution is 7.94. The van der Waals surface area contributed by atoms with Crippen LogP contribution < -0.4 is 5.73 Å². The van der Waals surface area contributed by atoms with Gasteiger partial charge in [-0.25, -0.2) is 32.6 Å². The molecule has 0 spiro atoms. The average molecular weight is 824 g/mol. The summed E-state index contributed by atoms with van der Waals surface area (Å²) >= 11 is 0.924. The van der Waals surface area contributed by atoms with E-state index < -0.39 is 36.9 Å². The summed E-state index contributed by atoms with van der Waals surface area (Å²) in [5, 5.41) is 63.6. The molecule has 6 N–H and O–H groups in total. The molecule has 52 heavy (non-hydrogen) atoms. The Labute approximate surface area is 306 Å². The quantitative estimate of drug-likeness (QED) is 0.0142. The van der Waals surface area contributed by atoms with Gasteiger partial charge in [-0.3, -0.25) is 8.37 Å². The number of hydrogen-bond acceptors (Lipinski definition) is 24. The van der Waals surface area contributed by atoms with E-state index in [-0.39, 0.29) is 91.8 Å². The lowest BCUT2D eigenvalue weighted by Crippen LogP contribution is -2.11. The van der Waals surface area contributed by atoms with Crippen molar-refractivity contribution in [2.24, 2.45) is 20.5 Å². The van der Waals surface area contributed by atoms with Gasteiger partial charge in [-0.15, -0.1) is 23.2 Å². The van der Waals surface area contributed by atoms with Crippen molar-refractivity contribution in [2.45, 2.75) is 14.7 Å². The topological polar surface area (TPSA) is 298 Å². The standard InChI is InChI=1S/C26H25N5O16S5/c27-22-9-8-20-21(24(22)30-28-16-4-6-18(7-5-16)51(36,37)12-10-40-49-46-43-34)15-23(48-45-42-33)25(26(20)32)31-29-17-2-1-3-19(14-17)52(38,39)13-11-41-50-47-44-35/h1-9,14-15,32-35H,10-13,27H2. The van der Waals surface area contributed by atoms with E-state index in [0.717, 1.165) is 0 Å². The Balaban J connectivity index is 1.60. The molecule has 0 saturated carbocycles.